The van der Waals surface area contributed by atoms with Gasteiger partial charge < -0.3 is 23.2 Å². The van der Waals surface area contributed by atoms with Crippen molar-refractivity contribution in [1.82, 2.24) is 4.57 Å². The molecule has 11 aromatic carbocycles. The molecule has 1 unspecified atom stereocenters. The number of fused-ring (bicyclic) bond motifs is 20. The van der Waals surface area contributed by atoms with Crippen LogP contribution in [0.5, 0.6) is 0 Å². The van der Waals surface area contributed by atoms with E-state index in [9.17, 15) is 0 Å². The van der Waals surface area contributed by atoms with Gasteiger partial charge in [-0.3, -0.25) is 0 Å². The molecule has 0 saturated heterocycles. The van der Waals surface area contributed by atoms with Gasteiger partial charge in [0.25, 0.3) is 0 Å². The number of furan rings is 2. The van der Waals surface area contributed by atoms with Crippen LogP contribution in [0.4, 0.5) is 34.1 Å². The summed E-state index contributed by atoms with van der Waals surface area (Å²) in [6.45, 7) is 13.7. The van der Waals surface area contributed by atoms with Gasteiger partial charge in [-0.1, -0.05) is 193 Å². The second-order valence-corrected chi connectivity index (χ2v) is 24.0. The second kappa shape index (κ2) is 16.7. The van der Waals surface area contributed by atoms with Crippen molar-refractivity contribution in [2.24, 2.45) is 0 Å². The standard InChI is InChI=1S/C75H57N3O2/c1-73(2,3)46-36-40-50(41-37-46)76(48-22-9-7-10-23-48)62-44-59-69(72-66(62)54-27-14-19-34-64(54)80-72)68-58(75(59)56-30-16-18-33-61(56)78-60-32-17-13-26-52(60)53-29-21-31-57(75)70(53)78)45-63(71-67(68)55-28-15-20-35-65(55)79-71)77(49-24-11-8-12-25-49)51-42-38-47(39-43-51)74(4,5)6/h7-45H,1-6H3. The smallest absolute Gasteiger partial charge is 0.160 e. The van der Waals surface area contributed by atoms with Crippen LogP contribution in [0.3, 0.4) is 0 Å². The quantitative estimate of drug-likeness (QED) is 0.166. The van der Waals surface area contributed by atoms with Gasteiger partial charge in [0.2, 0.25) is 0 Å². The van der Waals surface area contributed by atoms with E-state index in [0.29, 0.717) is 0 Å². The van der Waals surface area contributed by atoms with Gasteiger partial charge in [-0.2, -0.15) is 0 Å². The topological polar surface area (TPSA) is 37.7 Å². The van der Waals surface area contributed by atoms with Crippen molar-refractivity contribution < 1.29 is 8.83 Å². The molecule has 1 atom stereocenters. The molecule has 384 valence electrons. The Bertz CT molecular complexity index is 4840. The minimum atomic E-state index is -0.911. The van der Waals surface area contributed by atoms with E-state index in [1.165, 1.54) is 49.6 Å². The molecule has 0 bridgehead atoms. The van der Waals surface area contributed by atoms with E-state index >= 15 is 0 Å². The third-order valence-corrected chi connectivity index (χ3v) is 17.5. The van der Waals surface area contributed by atoms with Crippen LogP contribution in [0.15, 0.2) is 245 Å². The van der Waals surface area contributed by atoms with Crippen molar-refractivity contribution in [3.63, 3.8) is 0 Å². The first kappa shape index (κ1) is 46.5. The molecule has 5 nitrogen and oxygen atoms in total. The Morgan fingerprint density at radius 2 is 0.825 bits per heavy atom. The SMILES string of the molecule is CC(C)(C)c1ccc(N(c2ccccc2)c2cc3c(c4c2oc2ccccc24)-c2c(cc(N(c4ccccc4)c4ccc(C(C)(C)C)cc4)c4c2oc2ccccc24)C32c3ccccc3-n3c4ccccc4c4cccc2c43)cc1. The molecule has 1 aliphatic heterocycles. The largest absolute Gasteiger partial charge is 0.455 e. The first-order valence-corrected chi connectivity index (χ1v) is 28.0. The number of nitrogens with zero attached hydrogens (tertiary/aromatic N) is 3. The number of benzene rings is 11. The Hall–Kier alpha value is -9.58. The molecule has 1 spiro atoms. The third-order valence-electron chi connectivity index (χ3n) is 17.5. The molecule has 2 aliphatic rings. The molecule has 0 N–H and O–H groups in total. The number of para-hydroxylation sites is 7. The number of hydrogen-bond acceptors (Lipinski definition) is 4. The zero-order valence-electron chi connectivity index (χ0n) is 45.7. The van der Waals surface area contributed by atoms with Crippen LogP contribution >= 0.6 is 0 Å². The first-order valence-electron chi connectivity index (χ1n) is 28.0. The second-order valence-electron chi connectivity index (χ2n) is 24.0. The van der Waals surface area contributed by atoms with E-state index in [0.717, 1.165) is 100 Å². The molecule has 4 heterocycles. The minimum absolute atomic E-state index is 0.0267. The maximum Gasteiger partial charge on any atom is 0.160 e. The minimum Gasteiger partial charge on any atom is -0.455 e. The van der Waals surface area contributed by atoms with Crippen LogP contribution in [0.2, 0.25) is 0 Å². The molecular formula is C75H57N3O2. The molecule has 0 amide bonds. The Balaban J connectivity index is 1.13. The van der Waals surface area contributed by atoms with Crippen molar-refractivity contribution in [1.29, 1.82) is 0 Å². The van der Waals surface area contributed by atoms with Crippen LogP contribution in [0, 0.1) is 0 Å². The highest BCUT2D eigenvalue weighted by molar-refractivity contribution is 6.26. The predicted octanol–water partition coefficient (Wildman–Crippen LogP) is 20.8. The molecule has 3 aromatic heterocycles. The van der Waals surface area contributed by atoms with Gasteiger partial charge in [-0.05, 0) is 129 Å². The molecule has 14 aromatic rings. The molecule has 1 aliphatic carbocycles. The van der Waals surface area contributed by atoms with Crippen LogP contribution in [-0.4, -0.2) is 4.57 Å². The van der Waals surface area contributed by atoms with E-state index < -0.39 is 5.41 Å². The lowest BCUT2D eigenvalue weighted by Gasteiger charge is -2.40. The van der Waals surface area contributed by atoms with E-state index in [-0.39, 0.29) is 10.8 Å². The molecular weight excluding hydrogens is 975 g/mol. The Morgan fingerprint density at radius 1 is 0.362 bits per heavy atom. The summed E-state index contributed by atoms with van der Waals surface area (Å²) >= 11 is 0. The molecule has 16 rings (SSSR count). The van der Waals surface area contributed by atoms with Crippen molar-refractivity contribution in [3.8, 4) is 16.8 Å². The van der Waals surface area contributed by atoms with E-state index in [1.54, 1.807) is 0 Å². The summed E-state index contributed by atoms with van der Waals surface area (Å²) in [6, 6.07) is 87.4. The highest BCUT2D eigenvalue weighted by Crippen LogP contribution is 2.67. The van der Waals surface area contributed by atoms with Crippen molar-refractivity contribution in [2.75, 3.05) is 9.80 Å². The maximum absolute atomic E-state index is 7.61. The maximum atomic E-state index is 7.61. The number of aromatic nitrogens is 1. The average Bonchev–Trinajstić information content (AvgIpc) is 2.40. The highest BCUT2D eigenvalue weighted by atomic mass is 16.3. The normalized spacial score (nSPS) is 14.7. The number of anilines is 6. The average molecular weight is 1030 g/mol. The van der Waals surface area contributed by atoms with E-state index in [4.69, 9.17) is 8.83 Å². The van der Waals surface area contributed by atoms with Crippen molar-refractivity contribution in [2.45, 2.75) is 57.8 Å². The van der Waals surface area contributed by atoms with Crippen LogP contribution in [0.25, 0.3) is 82.5 Å². The summed E-state index contributed by atoms with van der Waals surface area (Å²) < 4.78 is 17.6. The summed E-state index contributed by atoms with van der Waals surface area (Å²) in [4.78, 5) is 4.88. The van der Waals surface area contributed by atoms with Crippen LogP contribution in [0.1, 0.15) is 74.9 Å². The van der Waals surface area contributed by atoms with Crippen molar-refractivity contribution in [3.05, 3.63) is 270 Å². The van der Waals surface area contributed by atoms with Crippen molar-refractivity contribution >= 4 is 99.8 Å². The van der Waals surface area contributed by atoms with Gasteiger partial charge in [-0.15, -0.1) is 0 Å². The third kappa shape index (κ3) is 6.40. The fraction of sp³-hybridized carbons (Fsp3) is 0.120. The lowest BCUT2D eigenvalue weighted by molar-refractivity contribution is 0.590. The van der Waals surface area contributed by atoms with Gasteiger partial charge >= 0.3 is 0 Å². The van der Waals surface area contributed by atoms with Gasteiger partial charge in [0, 0.05) is 60.8 Å². The highest BCUT2D eigenvalue weighted by Gasteiger charge is 2.54. The molecule has 80 heavy (non-hydrogen) atoms. The Kier molecular flexibility index (Phi) is 9.72. The molecule has 0 saturated carbocycles. The molecule has 0 fully saturated rings. The summed E-state index contributed by atoms with van der Waals surface area (Å²) in [5.41, 5.74) is 21.6. The summed E-state index contributed by atoms with van der Waals surface area (Å²) in [7, 11) is 0. The summed E-state index contributed by atoms with van der Waals surface area (Å²) in [5.74, 6) is 0. The summed E-state index contributed by atoms with van der Waals surface area (Å²) in [6.07, 6.45) is 0. The Labute approximate surface area is 465 Å². The summed E-state index contributed by atoms with van der Waals surface area (Å²) in [5, 5.41) is 6.66. The predicted molar refractivity (Wildman–Crippen MR) is 333 cm³/mol. The monoisotopic (exact) mass is 1030 g/mol. The molecule has 5 heteroatoms. The zero-order valence-corrected chi connectivity index (χ0v) is 45.7. The lowest BCUT2D eigenvalue weighted by atomic mass is 9.65. The van der Waals surface area contributed by atoms with Gasteiger partial charge in [0.1, 0.15) is 16.7 Å². The first-order chi connectivity index (χ1) is 39.0. The van der Waals surface area contributed by atoms with Crippen LogP contribution in [-0.2, 0) is 16.2 Å². The fourth-order valence-electron chi connectivity index (χ4n) is 13.9. The zero-order chi connectivity index (χ0) is 53.8. The van der Waals surface area contributed by atoms with Crippen LogP contribution < -0.4 is 9.80 Å². The van der Waals surface area contributed by atoms with Gasteiger partial charge in [0.15, 0.2) is 5.58 Å². The van der Waals surface area contributed by atoms with E-state index in [1.807, 2.05) is 0 Å². The van der Waals surface area contributed by atoms with E-state index in [2.05, 4.69) is 292 Å². The Morgan fingerprint density at radius 3 is 1.45 bits per heavy atom. The number of hydrogen-bond donors (Lipinski definition) is 0. The fourth-order valence-corrected chi connectivity index (χ4v) is 13.9. The number of rotatable bonds is 6. The van der Waals surface area contributed by atoms with Gasteiger partial charge in [-0.25, -0.2) is 0 Å². The lowest BCUT2D eigenvalue weighted by Crippen LogP contribution is -2.34. The van der Waals surface area contributed by atoms with Gasteiger partial charge in [0.05, 0.1) is 38.9 Å². The molecule has 0 radical (unpaired) electrons.